The van der Waals surface area contributed by atoms with Gasteiger partial charge in [-0.25, -0.2) is 4.98 Å². The van der Waals surface area contributed by atoms with Gasteiger partial charge in [0.25, 0.3) is 17.4 Å². The summed E-state index contributed by atoms with van der Waals surface area (Å²) < 4.78 is 0. The Morgan fingerprint density at radius 2 is 1.59 bits per heavy atom. The number of nitrogens with one attached hydrogen (secondary N) is 3. The highest BCUT2D eigenvalue weighted by molar-refractivity contribution is 6.08. The number of fused-ring (bicyclic) bond motifs is 1. The number of pyridine rings is 3. The Hall–Kier alpha value is -4.33. The summed E-state index contributed by atoms with van der Waals surface area (Å²) in [4.78, 5) is 47.7. The molecular formula is C21H15N5O3. The number of hydrogen-bond donors (Lipinski definition) is 3. The predicted octanol–water partition coefficient (Wildman–Crippen LogP) is 2.06. The van der Waals surface area contributed by atoms with E-state index < -0.39 is 17.4 Å². The zero-order valence-electron chi connectivity index (χ0n) is 15.0. The van der Waals surface area contributed by atoms with E-state index in [0.717, 1.165) is 5.56 Å². The van der Waals surface area contributed by atoms with Gasteiger partial charge in [0.1, 0.15) is 5.56 Å². The lowest BCUT2D eigenvalue weighted by molar-refractivity contribution is 0.0846. The molecule has 0 fully saturated rings. The van der Waals surface area contributed by atoms with E-state index in [2.05, 4.69) is 25.8 Å². The highest BCUT2D eigenvalue weighted by Gasteiger charge is 2.16. The average molecular weight is 385 g/mol. The lowest BCUT2D eigenvalue weighted by atomic mass is 10.0. The number of hydrazine groups is 1. The maximum atomic E-state index is 12.8. The topological polar surface area (TPSA) is 117 Å². The Balaban J connectivity index is 1.66. The molecule has 0 radical (unpaired) electrons. The van der Waals surface area contributed by atoms with Gasteiger partial charge in [0.05, 0.1) is 16.8 Å². The van der Waals surface area contributed by atoms with Crippen LogP contribution in [-0.4, -0.2) is 26.8 Å². The fourth-order valence-corrected chi connectivity index (χ4v) is 2.88. The molecule has 3 aromatic heterocycles. The number of carbonyl (C=O) groups excluding carboxylic acids is 2. The quantitative estimate of drug-likeness (QED) is 0.467. The van der Waals surface area contributed by atoms with Crippen LogP contribution in [0.5, 0.6) is 0 Å². The van der Waals surface area contributed by atoms with Crippen LogP contribution in [0.2, 0.25) is 0 Å². The minimum Gasteiger partial charge on any atom is -0.328 e. The monoisotopic (exact) mass is 385 g/mol. The van der Waals surface area contributed by atoms with Crippen LogP contribution in [-0.2, 0) is 0 Å². The number of hydrogen-bond acceptors (Lipinski definition) is 5. The summed E-state index contributed by atoms with van der Waals surface area (Å²) >= 11 is 0. The molecule has 0 atom stereocenters. The molecule has 1 aromatic carbocycles. The van der Waals surface area contributed by atoms with Crippen molar-refractivity contribution in [3.63, 3.8) is 0 Å². The van der Waals surface area contributed by atoms with Gasteiger partial charge in [-0.3, -0.25) is 30.2 Å². The number of para-hydroxylation sites is 1. The van der Waals surface area contributed by atoms with Crippen LogP contribution in [0.3, 0.4) is 0 Å². The van der Waals surface area contributed by atoms with Crippen molar-refractivity contribution in [3.05, 3.63) is 94.7 Å². The molecule has 29 heavy (non-hydrogen) atoms. The highest BCUT2D eigenvalue weighted by atomic mass is 16.2. The van der Waals surface area contributed by atoms with Crippen molar-refractivity contribution in [2.45, 2.75) is 0 Å². The summed E-state index contributed by atoms with van der Waals surface area (Å²) in [6.07, 6.45) is 4.70. The standard InChI is InChI=1S/C21H15N5O3/c27-19-15(5-3-9-23-19)20(28)25-26-21(29)16-12-18(13-7-10-22-11-8-13)24-17-6-2-1-4-14(16)17/h1-12H,(H,23,27)(H,25,28)(H,26,29). The van der Waals surface area contributed by atoms with Gasteiger partial charge in [-0.05, 0) is 36.4 Å². The summed E-state index contributed by atoms with van der Waals surface area (Å²) in [6, 6.07) is 15.3. The molecule has 4 rings (SSSR count). The number of aromatic amines is 1. The third-order valence-corrected chi connectivity index (χ3v) is 4.29. The highest BCUT2D eigenvalue weighted by Crippen LogP contribution is 2.24. The normalized spacial score (nSPS) is 10.5. The van der Waals surface area contributed by atoms with E-state index in [-0.39, 0.29) is 5.56 Å². The molecule has 0 aliphatic heterocycles. The van der Waals surface area contributed by atoms with Crippen molar-refractivity contribution in [1.29, 1.82) is 0 Å². The van der Waals surface area contributed by atoms with E-state index in [0.29, 0.717) is 22.2 Å². The zero-order chi connectivity index (χ0) is 20.2. The molecule has 3 heterocycles. The van der Waals surface area contributed by atoms with Gasteiger partial charge in [-0.15, -0.1) is 0 Å². The first-order chi connectivity index (χ1) is 14.1. The molecule has 0 saturated heterocycles. The van der Waals surface area contributed by atoms with Crippen molar-refractivity contribution in [3.8, 4) is 11.3 Å². The Kier molecular flexibility index (Phi) is 4.81. The number of benzene rings is 1. The number of carbonyl (C=O) groups is 2. The van der Waals surface area contributed by atoms with E-state index in [4.69, 9.17) is 0 Å². The summed E-state index contributed by atoms with van der Waals surface area (Å²) in [5, 5.41) is 0.634. The second-order valence-electron chi connectivity index (χ2n) is 6.13. The first-order valence-electron chi connectivity index (χ1n) is 8.72. The van der Waals surface area contributed by atoms with Crippen molar-refractivity contribution >= 4 is 22.7 Å². The number of rotatable bonds is 3. The Bertz CT molecular complexity index is 1270. The van der Waals surface area contributed by atoms with Gasteiger partial charge in [0, 0.05) is 29.5 Å². The van der Waals surface area contributed by atoms with Gasteiger partial charge in [0.2, 0.25) is 0 Å². The van der Waals surface area contributed by atoms with Gasteiger partial charge in [-0.1, -0.05) is 18.2 Å². The SMILES string of the molecule is O=C(NNC(=O)c1cc(-c2ccncc2)nc2ccccc12)c1ccc[nH]c1=O. The fourth-order valence-electron chi connectivity index (χ4n) is 2.88. The molecule has 8 heteroatoms. The summed E-state index contributed by atoms with van der Waals surface area (Å²) in [5.74, 6) is -1.24. The van der Waals surface area contributed by atoms with Gasteiger partial charge in [0.15, 0.2) is 0 Å². The molecule has 142 valence electrons. The molecule has 3 N–H and O–H groups in total. The Morgan fingerprint density at radius 3 is 2.34 bits per heavy atom. The third-order valence-electron chi connectivity index (χ3n) is 4.29. The minimum absolute atomic E-state index is 0.107. The average Bonchev–Trinajstić information content (AvgIpc) is 2.77. The zero-order valence-corrected chi connectivity index (χ0v) is 15.0. The molecule has 0 saturated carbocycles. The van der Waals surface area contributed by atoms with E-state index >= 15 is 0 Å². The van der Waals surface area contributed by atoms with Crippen LogP contribution in [0.4, 0.5) is 0 Å². The first-order valence-corrected chi connectivity index (χ1v) is 8.72. The second kappa shape index (κ2) is 7.73. The molecule has 0 spiro atoms. The molecule has 8 nitrogen and oxygen atoms in total. The summed E-state index contributed by atoms with van der Waals surface area (Å²) in [6.45, 7) is 0. The second-order valence-corrected chi connectivity index (χ2v) is 6.13. The summed E-state index contributed by atoms with van der Waals surface area (Å²) in [7, 11) is 0. The van der Waals surface area contributed by atoms with E-state index in [1.165, 1.54) is 18.3 Å². The van der Waals surface area contributed by atoms with Crippen LogP contribution in [0, 0.1) is 0 Å². The fraction of sp³-hybridized carbons (Fsp3) is 0. The Morgan fingerprint density at radius 1 is 0.862 bits per heavy atom. The van der Waals surface area contributed by atoms with Crippen LogP contribution < -0.4 is 16.4 Å². The first kappa shape index (κ1) is 18.1. The third kappa shape index (κ3) is 3.72. The lowest BCUT2D eigenvalue weighted by Crippen LogP contribution is -2.43. The van der Waals surface area contributed by atoms with E-state index in [1.807, 2.05) is 6.07 Å². The molecule has 4 aromatic rings. The van der Waals surface area contributed by atoms with Crippen molar-refractivity contribution in [1.82, 2.24) is 25.8 Å². The lowest BCUT2D eigenvalue weighted by Gasteiger charge is -2.11. The number of amides is 2. The van der Waals surface area contributed by atoms with Crippen LogP contribution in [0.25, 0.3) is 22.2 Å². The van der Waals surface area contributed by atoms with Crippen molar-refractivity contribution in [2.24, 2.45) is 0 Å². The predicted molar refractivity (Wildman–Crippen MR) is 107 cm³/mol. The van der Waals surface area contributed by atoms with Gasteiger partial charge >= 0.3 is 0 Å². The van der Waals surface area contributed by atoms with E-state index in [1.54, 1.807) is 48.8 Å². The molecule has 0 unspecified atom stereocenters. The van der Waals surface area contributed by atoms with Gasteiger partial charge < -0.3 is 4.98 Å². The maximum Gasteiger partial charge on any atom is 0.275 e. The molecule has 0 aliphatic carbocycles. The molecule has 2 amide bonds. The maximum absolute atomic E-state index is 12.8. The molecule has 0 bridgehead atoms. The van der Waals surface area contributed by atoms with Crippen molar-refractivity contribution in [2.75, 3.05) is 0 Å². The smallest absolute Gasteiger partial charge is 0.275 e. The minimum atomic E-state index is -0.715. The number of nitrogens with zero attached hydrogens (tertiary/aromatic N) is 2. The van der Waals surface area contributed by atoms with Crippen LogP contribution >= 0.6 is 0 Å². The van der Waals surface area contributed by atoms with E-state index in [9.17, 15) is 14.4 Å². The molecular weight excluding hydrogens is 370 g/mol. The largest absolute Gasteiger partial charge is 0.328 e. The number of H-pyrrole nitrogens is 1. The number of aromatic nitrogens is 3. The Labute approximate surface area is 164 Å². The van der Waals surface area contributed by atoms with Crippen LogP contribution in [0.15, 0.2) is 78.0 Å². The molecule has 0 aliphatic rings. The summed E-state index contributed by atoms with van der Waals surface area (Å²) in [5.41, 5.74) is 6.36. The van der Waals surface area contributed by atoms with Crippen molar-refractivity contribution < 1.29 is 9.59 Å². The van der Waals surface area contributed by atoms with Gasteiger partial charge in [-0.2, -0.15) is 0 Å². The van der Waals surface area contributed by atoms with Crippen LogP contribution in [0.1, 0.15) is 20.7 Å².